The molecule has 1 aliphatic heterocycles. The number of pyridine rings is 2. The molecule has 2 N–H and O–H groups in total. The summed E-state index contributed by atoms with van der Waals surface area (Å²) >= 11 is 0. The van der Waals surface area contributed by atoms with E-state index in [1.807, 2.05) is 6.07 Å². The molecule has 0 bridgehead atoms. The standard InChI is InChI=1S/C26H27N5O6S/c1-30-22-19(12-21(25(30)34)23(33)29-14-18-4-2-17(13-27)3-5-18)6-10-28-24(22)37-16-26(8-9-26)38(35,36)31-11-7-20(32)15-31/h2-6,10,12,20,32H,7-9,11,14-16H2,1H3,(H,29,33)/t20-/m0/s1. The number of nitriles is 1. The fourth-order valence-corrected chi connectivity index (χ4v) is 6.75. The highest BCUT2D eigenvalue weighted by atomic mass is 32.2. The highest BCUT2D eigenvalue weighted by Gasteiger charge is 2.58. The lowest BCUT2D eigenvalue weighted by Gasteiger charge is -2.24. The van der Waals surface area contributed by atoms with Crippen molar-refractivity contribution < 1.29 is 23.1 Å². The average Bonchev–Trinajstić information content (AvgIpc) is 3.60. The molecule has 12 heteroatoms. The molecule has 38 heavy (non-hydrogen) atoms. The number of sulfonamides is 1. The Morgan fingerprint density at radius 3 is 2.66 bits per heavy atom. The number of fused-ring (bicyclic) bond motifs is 1. The number of amides is 1. The van der Waals surface area contributed by atoms with E-state index in [0.29, 0.717) is 35.7 Å². The Hall–Kier alpha value is -3.79. The Kier molecular flexibility index (Phi) is 6.68. The topological polar surface area (TPSA) is 155 Å². The van der Waals surface area contributed by atoms with Gasteiger partial charge in [0.2, 0.25) is 15.9 Å². The molecule has 198 valence electrons. The number of hydrogen-bond donors (Lipinski definition) is 2. The summed E-state index contributed by atoms with van der Waals surface area (Å²) in [7, 11) is -2.16. The normalized spacial score (nSPS) is 18.7. The van der Waals surface area contributed by atoms with Gasteiger partial charge in [-0.15, -0.1) is 0 Å². The second kappa shape index (κ2) is 9.83. The average molecular weight is 538 g/mol. The second-order valence-corrected chi connectivity index (χ2v) is 12.1. The van der Waals surface area contributed by atoms with Gasteiger partial charge in [-0.3, -0.25) is 9.59 Å². The Balaban J connectivity index is 1.35. The molecule has 2 aromatic heterocycles. The minimum absolute atomic E-state index is 0.0559. The van der Waals surface area contributed by atoms with E-state index in [4.69, 9.17) is 10.00 Å². The highest BCUT2D eigenvalue weighted by Crippen LogP contribution is 2.46. The van der Waals surface area contributed by atoms with Gasteiger partial charge in [-0.05, 0) is 49.1 Å². The molecule has 0 spiro atoms. The number of aryl methyl sites for hydroxylation is 1. The maximum Gasteiger partial charge on any atom is 0.263 e. The Bertz CT molecular complexity index is 1610. The number of aromatic nitrogens is 2. The number of β-amino-alcohol motifs (C(OH)–C–C–N with tert-alkyl or cyclic N) is 1. The van der Waals surface area contributed by atoms with Crippen LogP contribution in [0.2, 0.25) is 0 Å². The summed E-state index contributed by atoms with van der Waals surface area (Å²) in [4.78, 5) is 30.2. The maximum atomic E-state index is 13.2. The minimum atomic E-state index is -3.67. The molecule has 0 unspecified atom stereocenters. The lowest BCUT2D eigenvalue weighted by molar-refractivity contribution is 0.0949. The third kappa shape index (κ3) is 4.64. The fraction of sp³-hybridized carbons (Fsp3) is 0.385. The number of aliphatic hydroxyl groups is 1. The van der Waals surface area contributed by atoms with Crippen LogP contribution < -0.4 is 15.6 Å². The first kappa shape index (κ1) is 25.8. The molecular formula is C26H27N5O6S. The number of nitrogens with zero attached hydrogens (tertiary/aromatic N) is 4. The van der Waals surface area contributed by atoms with E-state index in [1.54, 1.807) is 30.3 Å². The van der Waals surface area contributed by atoms with Gasteiger partial charge in [-0.1, -0.05) is 12.1 Å². The van der Waals surface area contributed by atoms with E-state index in [1.165, 1.54) is 28.2 Å². The van der Waals surface area contributed by atoms with Crippen molar-refractivity contribution >= 4 is 26.8 Å². The SMILES string of the molecule is Cn1c(=O)c(C(=O)NCc2ccc(C#N)cc2)cc2ccnc(OCC3(S(=O)(=O)N4CC[C@H](O)C4)CC3)c21. The number of ether oxygens (including phenoxy) is 1. The molecular weight excluding hydrogens is 510 g/mol. The van der Waals surface area contributed by atoms with Crippen LogP contribution in [-0.4, -0.2) is 63.8 Å². The summed E-state index contributed by atoms with van der Waals surface area (Å²) in [5, 5.41) is 22.0. The van der Waals surface area contributed by atoms with Crippen LogP contribution in [0.15, 0.2) is 47.4 Å². The van der Waals surface area contributed by atoms with Crippen LogP contribution in [0.25, 0.3) is 10.9 Å². The van der Waals surface area contributed by atoms with Gasteiger partial charge < -0.3 is 19.7 Å². The molecule has 1 saturated carbocycles. The van der Waals surface area contributed by atoms with Gasteiger partial charge in [0.05, 0.1) is 17.7 Å². The van der Waals surface area contributed by atoms with E-state index in [-0.39, 0.29) is 37.7 Å². The van der Waals surface area contributed by atoms with Gasteiger partial charge in [0.15, 0.2) is 0 Å². The third-order valence-corrected chi connectivity index (χ3v) is 9.80. The Morgan fingerprint density at radius 2 is 2.03 bits per heavy atom. The zero-order chi connectivity index (χ0) is 27.1. The summed E-state index contributed by atoms with van der Waals surface area (Å²) in [5.74, 6) is -0.443. The van der Waals surface area contributed by atoms with Gasteiger partial charge in [-0.2, -0.15) is 9.57 Å². The maximum absolute atomic E-state index is 13.2. The number of rotatable bonds is 8. The first-order chi connectivity index (χ1) is 18.1. The summed E-state index contributed by atoms with van der Waals surface area (Å²) in [5.41, 5.74) is 1.04. The van der Waals surface area contributed by atoms with Crippen molar-refractivity contribution in [3.8, 4) is 11.9 Å². The molecule has 3 heterocycles. The number of carbonyl (C=O) groups is 1. The fourth-order valence-electron chi connectivity index (χ4n) is 4.66. The molecule has 3 aromatic rings. The molecule has 2 aliphatic rings. The molecule has 2 fully saturated rings. The van der Waals surface area contributed by atoms with Crippen molar-refractivity contribution in [2.24, 2.45) is 7.05 Å². The molecule has 1 saturated heterocycles. The zero-order valence-electron chi connectivity index (χ0n) is 20.8. The van der Waals surface area contributed by atoms with Crippen LogP contribution in [0.4, 0.5) is 0 Å². The van der Waals surface area contributed by atoms with Crippen LogP contribution in [0, 0.1) is 11.3 Å². The number of carbonyl (C=O) groups excluding carboxylic acids is 1. The number of benzene rings is 1. The van der Waals surface area contributed by atoms with Crippen LogP contribution >= 0.6 is 0 Å². The summed E-state index contributed by atoms with van der Waals surface area (Å²) in [6.07, 6.45) is 2.11. The monoisotopic (exact) mass is 537 g/mol. The lowest BCUT2D eigenvalue weighted by Crippen LogP contribution is -2.42. The van der Waals surface area contributed by atoms with Crippen molar-refractivity contribution in [3.05, 3.63) is 69.6 Å². The summed E-state index contributed by atoms with van der Waals surface area (Å²) in [6.45, 7) is 0.416. The number of nitrogens with one attached hydrogen (secondary N) is 1. The van der Waals surface area contributed by atoms with Crippen molar-refractivity contribution in [2.75, 3.05) is 19.7 Å². The molecule has 1 aromatic carbocycles. The molecule has 5 rings (SSSR count). The van der Waals surface area contributed by atoms with E-state index in [2.05, 4.69) is 10.3 Å². The van der Waals surface area contributed by atoms with Crippen LogP contribution in [0.5, 0.6) is 5.88 Å². The minimum Gasteiger partial charge on any atom is -0.474 e. The third-order valence-electron chi connectivity index (χ3n) is 7.17. The number of hydrogen-bond acceptors (Lipinski definition) is 8. The zero-order valence-corrected chi connectivity index (χ0v) is 21.6. The van der Waals surface area contributed by atoms with Crippen molar-refractivity contribution in [1.29, 1.82) is 5.26 Å². The van der Waals surface area contributed by atoms with Crippen LogP contribution in [0.3, 0.4) is 0 Å². The van der Waals surface area contributed by atoms with E-state index >= 15 is 0 Å². The molecule has 0 radical (unpaired) electrons. The van der Waals surface area contributed by atoms with Gasteiger partial charge in [-0.25, -0.2) is 13.4 Å². The molecule has 1 atom stereocenters. The first-order valence-corrected chi connectivity index (χ1v) is 13.7. The van der Waals surface area contributed by atoms with Crippen molar-refractivity contribution in [3.63, 3.8) is 0 Å². The lowest BCUT2D eigenvalue weighted by atomic mass is 10.1. The van der Waals surface area contributed by atoms with E-state index in [9.17, 15) is 23.1 Å². The smallest absolute Gasteiger partial charge is 0.263 e. The van der Waals surface area contributed by atoms with Gasteiger partial charge in [0.25, 0.3) is 11.5 Å². The summed E-state index contributed by atoms with van der Waals surface area (Å²) in [6, 6.07) is 11.9. The van der Waals surface area contributed by atoms with Crippen molar-refractivity contribution in [1.82, 2.24) is 19.2 Å². The van der Waals surface area contributed by atoms with E-state index < -0.39 is 32.3 Å². The molecule has 1 aliphatic carbocycles. The van der Waals surface area contributed by atoms with Gasteiger partial charge in [0.1, 0.15) is 22.4 Å². The van der Waals surface area contributed by atoms with E-state index in [0.717, 1.165) is 5.56 Å². The van der Waals surface area contributed by atoms with Gasteiger partial charge >= 0.3 is 0 Å². The van der Waals surface area contributed by atoms with Crippen molar-refractivity contribution in [2.45, 2.75) is 36.7 Å². The van der Waals surface area contributed by atoms with Crippen LogP contribution in [-0.2, 0) is 23.6 Å². The predicted octanol–water partition coefficient (Wildman–Crippen LogP) is 1.04. The molecule has 11 nitrogen and oxygen atoms in total. The van der Waals surface area contributed by atoms with Crippen LogP contribution in [0.1, 0.15) is 40.7 Å². The Morgan fingerprint density at radius 1 is 1.29 bits per heavy atom. The highest BCUT2D eigenvalue weighted by molar-refractivity contribution is 7.90. The summed E-state index contributed by atoms with van der Waals surface area (Å²) < 4.78 is 33.8. The Labute approximate surface area is 219 Å². The van der Waals surface area contributed by atoms with Gasteiger partial charge in [0, 0.05) is 38.3 Å². The second-order valence-electron chi connectivity index (χ2n) is 9.74. The quantitative estimate of drug-likeness (QED) is 0.432. The number of aliphatic hydroxyl groups excluding tert-OH is 1. The predicted molar refractivity (Wildman–Crippen MR) is 138 cm³/mol. The first-order valence-electron chi connectivity index (χ1n) is 12.2. The molecule has 1 amide bonds. The largest absolute Gasteiger partial charge is 0.474 e.